The maximum Gasteiger partial charge on any atom is 0.109 e. The molecule has 0 atom stereocenters. The van der Waals surface area contributed by atoms with E-state index in [4.69, 9.17) is 9.72 Å². The maximum absolute atomic E-state index is 5.12. The van der Waals surface area contributed by atoms with Gasteiger partial charge in [0.1, 0.15) is 5.82 Å². The van der Waals surface area contributed by atoms with Gasteiger partial charge in [-0.05, 0) is 7.05 Å². The first-order chi connectivity index (χ1) is 9.26. The van der Waals surface area contributed by atoms with Crippen molar-refractivity contribution < 1.29 is 4.74 Å². The zero-order valence-corrected chi connectivity index (χ0v) is 12.4. The molecule has 1 N–H and O–H groups in total. The third-order valence-electron chi connectivity index (χ3n) is 3.76. The van der Waals surface area contributed by atoms with E-state index in [1.807, 2.05) is 0 Å². The number of fused-ring (bicyclic) bond motifs is 1. The molecule has 0 saturated carbocycles. The topological polar surface area (TPSA) is 42.3 Å². The molecular weight excluding hydrogens is 240 g/mol. The molecular formula is C14H26N4O. The molecule has 1 aliphatic heterocycles. The smallest absolute Gasteiger partial charge is 0.109 e. The van der Waals surface area contributed by atoms with E-state index in [1.54, 1.807) is 7.11 Å². The van der Waals surface area contributed by atoms with Crippen molar-refractivity contribution in [1.82, 2.24) is 19.8 Å². The van der Waals surface area contributed by atoms with Gasteiger partial charge in [0.25, 0.3) is 0 Å². The first-order valence-corrected chi connectivity index (χ1v) is 7.21. The van der Waals surface area contributed by atoms with E-state index in [2.05, 4.69) is 28.8 Å². The van der Waals surface area contributed by atoms with E-state index in [-0.39, 0.29) is 0 Å². The number of nitrogens with one attached hydrogen (secondary N) is 1. The number of aromatic nitrogens is 2. The Bertz CT molecular complexity index is 402. The number of imidazole rings is 1. The maximum atomic E-state index is 5.12. The van der Waals surface area contributed by atoms with Crippen molar-refractivity contribution in [3.8, 4) is 0 Å². The molecule has 1 aliphatic rings. The number of rotatable bonds is 7. The van der Waals surface area contributed by atoms with Crippen molar-refractivity contribution in [2.75, 3.05) is 40.4 Å². The molecule has 2 heterocycles. The molecule has 0 fully saturated rings. The first-order valence-electron chi connectivity index (χ1n) is 7.21. The van der Waals surface area contributed by atoms with Gasteiger partial charge in [-0.2, -0.15) is 0 Å². The number of ether oxygens (including phenoxy) is 1. The van der Waals surface area contributed by atoms with E-state index in [9.17, 15) is 0 Å². The molecule has 1 aromatic heterocycles. The molecule has 0 bridgehead atoms. The van der Waals surface area contributed by atoms with Gasteiger partial charge in [-0.25, -0.2) is 4.98 Å². The summed E-state index contributed by atoms with van der Waals surface area (Å²) in [6.07, 6.45) is 2.11. The van der Waals surface area contributed by atoms with Crippen molar-refractivity contribution in [3.63, 3.8) is 0 Å². The predicted molar refractivity (Wildman–Crippen MR) is 76.4 cm³/mol. The van der Waals surface area contributed by atoms with Crippen molar-refractivity contribution in [3.05, 3.63) is 17.2 Å². The first kappa shape index (κ1) is 14.5. The average Bonchev–Trinajstić information content (AvgIpc) is 2.80. The van der Waals surface area contributed by atoms with Crippen LogP contribution in [0.25, 0.3) is 0 Å². The molecule has 1 aromatic rings. The summed E-state index contributed by atoms with van der Waals surface area (Å²) >= 11 is 0. The summed E-state index contributed by atoms with van der Waals surface area (Å²) in [5.41, 5.74) is 2.69. The molecule has 0 aliphatic carbocycles. The van der Waals surface area contributed by atoms with Gasteiger partial charge in [0, 0.05) is 58.4 Å². The lowest BCUT2D eigenvalue weighted by atomic mass is 10.2. The monoisotopic (exact) mass is 266 g/mol. The molecule has 19 heavy (non-hydrogen) atoms. The Morgan fingerprint density at radius 1 is 1.42 bits per heavy atom. The molecule has 0 spiro atoms. The highest BCUT2D eigenvalue weighted by Gasteiger charge is 2.18. The number of aryl methyl sites for hydroxylation is 1. The van der Waals surface area contributed by atoms with Crippen LogP contribution in [-0.4, -0.2) is 54.8 Å². The van der Waals surface area contributed by atoms with Crippen molar-refractivity contribution >= 4 is 0 Å². The van der Waals surface area contributed by atoms with Gasteiger partial charge < -0.3 is 19.5 Å². The normalized spacial score (nSPS) is 14.9. The summed E-state index contributed by atoms with van der Waals surface area (Å²) in [7, 11) is 3.90. The van der Waals surface area contributed by atoms with Crippen LogP contribution in [0.4, 0.5) is 0 Å². The van der Waals surface area contributed by atoms with E-state index in [0.717, 1.165) is 52.2 Å². The Kier molecular flexibility index (Phi) is 5.36. The van der Waals surface area contributed by atoms with Crippen LogP contribution in [0.3, 0.4) is 0 Å². The molecule has 0 radical (unpaired) electrons. The van der Waals surface area contributed by atoms with Crippen LogP contribution in [0.2, 0.25) is 0 Å². The molecule has 0 saturated heterocycles. The summed E-state index contributed by atoms with van der Waals surface area (Å²) in [6, 6.07) is 0. The van der Waals surface area contributed by atoms with Gasteiger partial charge in [0.15, 0.2) is 0 Å². The van der Waals surface area contributed by atoms with Crippen LogP contribution in [0, 0.1) is 0 Å². The zero-order valence-electron chi connectivity index (χ0n) is 12.4. The Morgan fingerprint density at radius 3 is 3.00 bits per heavy atom. The Hall–Kier alpha value is -0.910. The predicted octanol–water partition coefficient (Wildman–Crippen LogP) is 0.669. The molecule has 0 aromatic carbocycles. The van der Waals surface area contributed by atoms with Gasteiger partial charge >= 0.3 is 0 Å². The van der Waals surface area contributed by atoms with Crippen LogP contribution < -0.4 is 5.32 Å². The number of hydrogen-bond donors (Lipinski definition) is 1. The Labute approximate surface area is 116 Å². The number of nitrogens with zero attached hydrogens (tertiary/aromatic N) is 3. The van der Waals surface area contributed by atoms with Crippen LogP contribution in [0.5, 0.6) is 0 Å². The van der Waals surface area contributed by atoms with E-state index < -0.39 is 0 Å². The number of hydrogen-bond acceptors (Lipinski definition) is 4. The molecule has 108 valence electrons. The quantitative estimate of drug-likeness (QED) is 0.788. The second-order valence-electron chi connectivity index (χ2n) is 5.15. The molecule has 0 unspecified atom stereocenters. The van der Waals surface area contributed by atoms with E-state index in [0.29, 0.717) is 0 Å². The highest BCUT2D eigenvalue weighted by Crippen LogP contribution is 2.16. The summed E-state index contributed by atoms with van der Waals surface area (Å²) in [5.74, 6) is 1.23. The molecule has 5 nitrogen and oxygen atoms in total. The van der Waals surface area contributed by atoms with E-state index in [1.165, 1.54) is 17.2 Å². The fraction of sp³-hybridized carbons (Fsp3) is 0.786. The minimum Gasteiger partial charge on any atom is -0.383 e. The standard InChI is InChI=1S/C14H26N4O/c1-4-14-16-12-11-15-6-5-13(12)18(14)8-7-17(2)9-10-19-3/h15H,4-11H2,1-3H3. The van der Waals surface area contributed by atoms with Crippen LogP contribution in [-0.2, 0) is 30.7 Å². The molecule has 2 rings (SSSR count). The average molecular weight is 266 g/mol. The summed E-state index contributed by atoms with van der Waals surface area (Å²) in [4.78, 5) is 7.08. The van der Waals surface area contributed by atoms with Crippen molar-refractivity contribution in [2.45, 2.75) is 32.9 Å². The summed E-state index contributed by atoms with van der Waals surface area (Å²) in [5, 5.41) is 3.40. The van der Waals surface area contributed by atoms with Crippen LogP contribution in [0.15, 0.2) is 0 Å². The fourth-order valence-corrected chi connectivity index (χ4v) is 2.59. The third-order valence-corrected chi connectivity index (χ3v) is 3.76. The largest absolute Gasteiger partial charge is 0.383 e. The molecule has 0 amide bonds. The summed E-state index contributed by atoms with van der Waals surface area (Å²) < 4.78 is 7.55. The van der Waals surface area contributed by atoms with Crippen molar-refractivity contribution in [2.24, 2.45) is 0 Å². The van der Waals surface area contributed by atoms with Gasteiger partial charge in [-0.3, -0.25) is 0 Å². The Balaban J connectivity index is 2.00. The molecule has 5 heteroatoms. The van der Waals surface area contributed by atoms with Gasteiger partial charge in [-0.1, -0.05) is 6.92 Å². The van der Waals surface area contributed by atoms with Crippen molar-refractivity contribution in [1.29, 1.82) is 0 Å². The third kappa shape index (κ3) is 3.55. The highest BCUT2D eigenvalue weighted by molar-refractivity contribution is 5.20. The second-order valence-corrected chi connectivity index (χ2v) is 5.15. The van der Waals surface area contributed by atoms with Crippen LogP contribution in [0.1, 0.15) is 24.1 Å². The SMILES string of the molecule is CCc1nc2c(n1CCN(C)CCOC)CCNC2. The lowest BCUT2D eigenvalue weighted by Gasteiger charge is -2.20. The lowest BCUT2D eigenvalue weighted by Crippen LogP contribution is -2.29. The van der Waals surface area contributed by atoms with Gasteiger partial charge in [0.05, 0.1) is 12.3 Å². The zero-order chi connectivity index (χ0) is 13.7. The van der Waals surface area contributed by atoms with E-state index >= 15 is 0 Å². The highest BCUT2D eigenvalue weighted by atomic mass is 16.5. The fourth-order valence-electron chi connectivity index (χ4n) is 2.59. The summed E-state index contributed by atoms with van der Waals surface area (Å²) in [6.45, 7) is 8.04. The van der Waals surface area contributed by atoms with Crippen LogP contribution >= 0.6 is 0 Å². The number of methoxy groups -OCH3 is 1. The minimum atomic E-state index is 0.795. The minimum absolute atomic E-state index is 0.795. The van der Waals surface area contributed by atoms with Gasteiger partial charge in [0.2, 0.25) is 0 Å². The second kappa shape index (κ2) is 7.03. The lowest BCUT2D eigenvalue weighted by molar-refractivity contribution is 0.159. The number of likely N-dealkylation sites (N-methyl/N-ethyl adjacent to an activating group) is 1. The Morgan fingerprint density at radius 2 is 2.26 bits per heavy atom. The van der Waals surface area contributed by atoms with Gasteiger partial charge in [-0.15, -0.1) is 0 Å².